The minimum atomic E-state index is -0.776. The van der Waals surface area contributed by atoms with Gasteiger partial charge in [0, 0.05) is 220 Å². The third-order valence-corrected chi connectivity index (χ3v) is 23.4. The van der Waals surface area contributed by atoms with Crippen LogP contribution in [0.2, 0.25) is 0 Å². The molecule has 17 aromatic rings. The SMILES string of the molecule is C1CCOC1.C1CCOC1.CC(N=[N+]=[N-])c1cn2ccc(-c3cnn(C)c3)c2c(=O)n1-c1ccccc1.CC(O)c1cn2ccc(-c3cnn(C)c3)c2c(=O)n1-c1ccccc1.CCc1cn2ccc(-c3cnn(C)c3)c2c(=O)n1-c1ccccc1.CCc1cn2ccc(Br)c2c(=O)[nH]1.CCc1cn2ccc(Br)c2c(=O)n1-c1ccccc1.COC(=O)C1=C(Br)C=CC1. The number of aliphatic hydroxyl groups is 1. The highest BCUT2D eigenvalue weighted by Gasteiger charge is 2.24. The van der Waals surface area contributed by atoms with Gasteiger partial charge in [0.1, 0.15) is 27.6 Å². The Hall–Kier alpha value is -13.5. The van der Waals surface area contributed by atoms with E-state index in [1.54, 1.807) is 79.8 Å². The summed E-state index contributed by atoms with van der Waals surface area (Å²) in [5.74, 6) is -0.253. The molecule has 4 aromatic carbocycles. The highest BCUT2D eigenvalue weighted by atomic mass is 79.9. The Morgan fingerprint density at radius 2 is 0.844 bits per heavy atom. The number of hydrogen-bond acceptors (Lipinski definition) is 14. The van der Waals surface area contributed by atoms with Crippen molar-refractivity contribution in [2.45, 2.75) is 98.1 Å². The van der Waals surface area contributed by atoms with Crippen LogP contribution in [0.15, 0.2) is 311 Å². The number of carbonyl (C=O) groups is 1. The standard InChI is InChI=1S/C19H17N7O.C19H18N4O2.C19H18N4O.C15H13BrN2O.C9H9BrN2O.C7H7BrO2.2C4H8O/c1-13(22-23-20)17-12-25-9-8-16(14-10-21-24(2)11-14)18(25)19(27)26(17)15-6-4-3-5-7-15;1-13(24)17-12-22-9-8-16(14-10-20-21(2)11-14)18(22)19(25)23(17)15-6-4-3-5-7-15;1-3-15-13-22-10-9-17(14-11-20-21(2)12-14)18(22)19(24)23(15)16-7-5-4-6-8-16;1-2-11-10-17-9-8-13(16)14(17)15(19)18(11)12-6-4-3-5-7-12;1-2-6-5-12-4-3-7(10)8(12)9(13)11-6;1-10-7(9)5-3-2-4-6(5)8;2*1-2-4-5-3-1/h3-13H,1-2H3;3-13,24H,1-2H3;4-13H,3H2,1-2H3;3-10H,2H2,1H3;3-5H,2H2,1H3,(H,11,13);2,4H,3H2,1H3;2*1-4H2. The molecule has 128 heavy (non-hydrogen) atoms. The Morgan fingerprint density at radius 3 is 1.20 bits per heavy atom. The van der Waals surface area contributed by atoms with Crippen molar-refractivity contribution in [3.05, 3.63) is 373 Å². The van der Waals surface area contributed by atoms with Crippen molar-refractivity contribution >= 4 is 81.3 Å². The normalized spacial score (nSPS) is 13.0. The largest absolute Gasteiger partial charge is 0.466 e. The van der Waals surface area contributed by atoms with Crippen LogP contribution in [0.25, 0.3) is 94.2 Å². The number of esters is 1. The molecule has 20 rings (SSSR count). The molecule has 0 spiro atoms. The number of nitrogens with zero attached hydrogens (tertiary/aromatic N) is 18. The number of benzene rings is 4. The molecule has 29 nitrogen and oxygen atoms in total. The predicted octanol–water partition coefficient (Wildman–Crippen LogP) is 18.2. The summed E-state index contributed by atoms with van der Waals surface area (Å²) in [7, 11) is 6.94. The highest BCUT2D eigenvalue weighted by Crippen LogP contribution is 2.31. The first-order valence-electron chi connectivity index (χ1n) is 41.8. The predicted molar refractivity (Wildman–Crippen MR) is 510 cm³/mol. The van der Waals surface area contributed by atoms with Gasteiger partial charge in [-0.15, -0.1) is 0 Å². The van der Waals surface area contributed by atoms with Crippen molar-refractivity contribution < 1.29 is 24.1 Å². The second kappa shape index (κ2) is 43.2. The average Bonchev–Trinajstić information content (AvgIpc) is 1.31. The lowest BCUT2D eigenvalue weighted by molar-refractivity contribution is -0.136. The lowest BCUT2D eigenvalue weighted by Gasteiger charge is -2.16. The van der Waals surface area contributed by atoms with Crippen LogP contribution in [0, 0.1) is 0 Å². The van der Waals surface area contributed by atoms with Crippen LogP contribution in [-0.4, -0.2) is 119 Å². The van der Waals surface area contributed by atoms with E-state index in [0.717, 1.165) is 132 Å². The zero-order chi connectivity index (χ0) is 90.7. The molecule has 1 aliphatic carbocycles. The molecule has 0 radical (unpaired) electrons. The summed E-state index contributed by atoms with van der Waals surface area (Å²) in [6, 6.07) is 47.2. The Balaban J connectivity index is 0.000000131. The van der Waals surface area contributed by atoms with E-state index < -0.39 is 12.1 Å². The second-order valence-electron chi connectivity index (χ2n) is 30.0. The van der Waals surface area contributed by atoms with E-state index in [9.17, 15) is 33.9 Å². The highest BCUT2D eigenvalue weighted by molar-refractivity contribution is 9.12. The molecular weight excluding hydrogens is 1820 g/mol. The van der Waals surface area contributed by atoms with E-state index in [-0.39, 0.29) is 33.8 Å². The van der Waals surface area contributed by atoms with Crippen LogP contribution in [0.3, 0.4) is 0 Å². The number of aliphatic hydroxyl groups excluding tert-OH is 1. The molecule has 0 amide bonds. The fourth-order valence-electron chi connectivity index (χ4n) is 15.0. The van der Waals surface area contributed by atoms with Gasteiger partial charge in [-0.05, 0) is 175 Å². The van der Waals surface area contributed by atoms with Gasteiger partial charge in [0.05, 0.1) is 54.8 Å². The van der Waals surface area contributed by atoms with Gasteiger partial charge in [0.2, 0.25) is 0 Å². The first kappa shape index (κ1) is 92.2. The molecule has 0 bridgehead atoms. The number of allylic oxidation sites excluding steroid dienone is 3. The van der Waals surface area contributed by atoms with E-state index >= 15 is 0 Å². The average molecular weight is 1920 g/mol. The number of aromatic amines is 1. The number of H-pyrrole nitrogens is 1. The summed E-state index contributed by atoms with van der Waals surface area (Å²) >= 11 is 10.00. The first-order chi connectivity index (χ1) is 62.0. The number of nitrogens with one attached hydrogen (secondary N) is 1. The molecular formula is C96H98Br3N19O10. The summed E-state index contributed by atoms with van der Waals surface area (Å²) in [5, 5.41) is 26.6. The van der Waals surface area contributed by atoms with E-state index in [4.69, 9.17) is 15.0 Å². The molecule has 13 aromatic heterocycles. The maximum atomic E-state index is 13.5. The van der Waals surface area contributed by atoms with Gasteiger partial charge in [0.25, 0.3) is 27.8 Å². The molecule has 3 aliphatic rings. The van der Waals surface area contributed by atoms with Gasteiger partial charge in [0.15, 0.2) is 0 Å². The molecule has 15 heterocycles. The van der Waals surface area contributed by atoms with Crippen LogP contribution < -0.4 is 27.8 Å². The summed E-state index contributed by atoms with van der Waals surface area (Å²) in [6.45, 7) is 13.6. The molecule has 2 unspecified atom stereocenters. The van der Waals surface area contributed by atoms with Crippen LogP contribution in [0.1, 0.15) is 107 Å². The topological polar surface area (TPSA) is 310 Å². The number of aryl methyl sites for hydroxylation is 6. The van der Waals surface area contributed by atoms with Crippen molar-refractivity contribution in [2.75, 3.05) is 33.5 Å². The summed E-state index contributed by atoms with van der Waals surface area (Å²) in [4.78, 5) is 80.9. The van der Waals surface area contributed by atoms with Gasteiger partial charge >= 0.3 is 5.97 Å². The van der Waals surface area contributed by atoms with Gasteiger partial charge in [-0.1, -0.05) is 134 Å². The zero-order valence-electron chi connectivity index (χ0n) is 72.3. The fourth-order valence-corrected chi connectivity index (χ4v) is 16.5. The smallest absolute Gasteiger partial charge is 0.335 e. The summed E-state index contributed by atoms with van der Waals surface area (Å²) < 4.78 is 38.0. The number of rotatable bonds is 14. The number of aromatic nitrogens is 16. The van der Waals surface area contributed by atoms with Gasteiger partial charge in [-0.25, -0.2) is 4.79 Å². The van der Waals surface area contributed by atoms with E-state index in [0.29, 0.717) is 51.0 Å². The maximum absolute atomic E-state index is 13.5. The molecule has 658 valence electrons. The van der Waals surface area contributed by atoms with E-state index in [1.165, 1.54) is 32.8 Å². The summed E-state index contributed by atoms with van der Waals surface area (Å²) in [6.07, 6.45) is 41.1. The number of ether oxygens (including phenoxy) is 3. The molecule has 2 atom stereocenters. The Kier molecular flexibility index (Phi) is 31.1. The quantitative estimate of drug-likeness (QED) is 0.0443. The van der Waals surface area contributed by atoms with Crippen LogP contribution in [0.4, 0.5) is 0 Å². The van der Waals surface area contributed by atoms with Crippen LogP contribution in [-0.2, 0) is 59.4 Å². The molecule has 2 fully saturated rings. The molecule has 32 heteroatoms. The van der Waals surface area contributed by atoms with Gasteiger partial charge in [-0.3, -0.25) is 56.3 Å². The molecule has 0 saturated carbocycles. The van der Waals surface area contributed by atoms with Crippen LogP contribution in [0.5, 0.6) is 0 Å². The molecule has 2 aliphatic heterocycles. The number of carbonyl (C=O) groups excluding carboxylic acids is 1. The van der Waals surface area contributed by atoms with Crippen molar-refractivity contribution in [1.82, 2.24) is 74.6 Å². The maximum Gasteiger partial charge on any atom is 0.335 e. The minimum Gasteiger partial charge on any atom is -0.466 e. The minimum absolute atomic E-state index is 0.00225. The third kappa shape index (κ3) is 21.1. The van der Waals surface area contributed by atoms with Gasteiger partial charge in [-0.2, -0.15) is 15.3 Å². The third-order valence-electron chi connectivity index (χ3n) is 21.3. The second-order valence-corrected chi connectivity index (χ2v) is 32.6. The number of azide groups is 1. The van der Waals surface area contributed by atoms with E-state index in [1.807, 2.05) is 279 Å². The van der Waals surface area contributed by atoms with Crippen molar-refractivity contribution in [3.63, 3.8) is 0 Å². The number of para-hydroxylation sites is 4. The molecule has 2 N–H and O–H groups in total. The number of methoxy groups -OCH3 is 1. The van der Waals surface area contributed by atoms with E-state index in [2.05, 4.69) is 96.7 Å². The first-order valence-corrected chi connectivity index (χ1v) is 44.2. The Morgan fingerprint density at radius 1 is 0.484 bits per heavy atom. The number of fused-ring (bicyclic) bond motifs is 5. The monoisotopic (exact) mass is 1910 g/mol. The number of halogens is 3. The lowest BCUT2D eigenvalue weighted by Crippen LogP contribution is -2.25. The Labute approximate surface area is 761 Å². The van der Waals surface area contributed by atoms with Gasteiger partial charge < -0.3 is 46.3 Å². The van der Waals surface area contributed by atoms with Crippen molar-refractivity contribution in [1.29, 1.82) is 0 Å². The number of hydrogen-bond donors (Lipinski definition) is 2. The summed E-state index contributed by atoms with van der Waals surface area (Å²) in [5.41, 5.74) is 24.8. The fraction of sp³-hybridized carbons (Fsp3) is 0.240. The molecule has 2 saturated heterocycles. The van der Waals surface area contributed by atoms with Crippen molar-refractivity contribution in [3.8, 4) is 56.1 Å². The zero-order valence-corrected chi connectivity index (χ0v) is 77.0. The Bertz CT molecular complexity index is 7140. The lowest BCUT2D eigenvalue weighted by atomic mass is 10.1. The van der Waals surface area contributed by atoms with Crippen molar-refractivity contribution in [2.24, 2.45) is 26.3 Å². The van der Waals surface area contributed by atoms with Crippen LogP contribution >= 0.6 is 47.8 Å².